The molecule has 144 valence electrons. The van der Waals surface area contributed by atoms with Crippen LogP contribution in [0.25, 0.3) is 0 Å². The molecule has 0 amide bonds. The second-order valence-corrected chi connectivity index (χ2v) is 11.1. The Hall–Kier alpha value is 0. The van der Waals surface area contributed by atoms with Crippen molar-refractivity contribution in [2.45, 2.75) is 117 Å². The Bertz CT molecular complexity index is 453. The Morgan fingerprint density at radius 2 is 1.56 bits per heavy atom. The van der Waals surface area contributed by atoms with E-state index in [1.165, 1.54) is 38.5 Å². The van der Waals surface area contributed by atoms with E-state index < -0.39 is 0 Å². The largest absolute Gasteiger partial charge is 0.0654 e. The zero-order chi connectivity index (χ0) is 17.5. The summed E-state index contributed by atoms with van der Waals surface area (Å²) in [5.74, 6) is 5.41. The van der Waals surface area contributed by atoms with Crippen LogP contribution in [0.5, 0.6) is 0 Å². The van der Waals surface area contributed by atoms with Gasteiger partial charge in [0.25, 0.3) is 0 Å². The van der Waals surface area contributed by atoms with Gasteiger partial charge in [0.2, 0.25) is 0 Å². The maximum atomic E-state index is 2.74. The molecule has 0 radical (unpaired) electrons. The van der Waals surface area contributed by atoms with Gasteiger partial charge in [-0.3, -0.25) is 0 Å². The van der Waals surface area contributed by atoms with E-state index in [2.05, 4.69) is 20.8 Å². The second-order valence-electron chi connectivity index (χ2n) is 11.1. The smallest absolute Gasteiger partial charge is 0.0266 e. The van der Waals surface area contributed by atoms with Crippen molar-refractivity contribution in [2.75, 3.05) is 0 Å². The zero-order valence-corrected chi connectivity index (χ0v) is 17.5. The third kappa shape index (κ3) is 3.02. The molecular formula is C25H44. The molecule has 4 fully saturated rings. The third-order valence-corrected chi connectivity index (χ3v) is 10.2. The minimum absolute atomic E-state index is 0.714. The highest BCUT2D eigenvalue weighted by Gasteiger charge is 2.59. The summed E-state index contributed by atoms with van der Waals surface area (Å²) in [7, 11) is 0. The standard InChI is InChI=1S/C25H44/c1-4-5-6-7-10-20-13-15-22-21-14-12-19-11-8-9-17-24(19,2)23(21)16-18-25(20,22)3/h19-23H,4-18H2,1-3H3. The quantitative estimate of drug-likeness (QED) is 0.443. The van der Waals surface area contributed by atoms with Crippen LogP contribution in [0.4, 0.5) is 0 Å². The van der Waals surface area contributed by atoms with Gasteiger partial charge < -0.3 is 0 Å². The lowest BCUT2D eigenvalue weighted by Gasteiger charge is -2.60. The Labute approximate surface area is 157 Å². The molecule has 0 N–H and O–H groups in total. The van der Waals surface area contributed by atoms with Crippen molar-refractivity contribution < 1.29 is 0 Å². The lowest BCUT2D eigenvalue weighted by atomic mass is 9.45. The molecule has 4 aliphatic rings. The van der Waals surface area contributed by atoms with Crippen molar-refractivity contribution in [3.05, 3.63) is 0 Å². The van der Waals surface area contributed by atoms with Crippen molar-refractivity contribution in [2.24, 2.45) is 40.4 Å². The number of hydrogen-bond acceptors (Lipinski definition) is 0. The van der Waals surface area contributed by atoms with Crippen LogP contribution in [-0.4, -0.2) is 0 Å². The highest BCUT2D eigenvalue weighted by Crippen LogP contribution is 2.67. The Morgan fingerprint density at radius 3 is 2.40 bits per heavy atom. The first-order valence-corrected chi connectivity index (χ1v) is 12.1. The monoisotopic (exact) mass is 344 g/mol. The first-order chi connectivity index (χ1) is 12.1. The van der Waals surface area contributed by atoms with E-state index in [1.54, 1.807) is 57.8 Å². The average molecular weight is 345 g/mol. The van der Waals surface area contributed by atoms with Gasteiger partial charge in [0.1, 0.15) is 0 Å². The van der Waals surface area contributed by atoms with Crippen molar-refractivity contribution in [1.29, 1.82) is 0 Å². The number of hydrogen-bond donors (Lipinski definition) is 0. The molecule has 0 aromatic carbocycles. The summed E-state index contributed by atoms with van der Waals surface area (Å²) < 4.78 is 0. The number of unbranched alkanes of at least 4 members (excludes halogenated alkanes) is 3. The van der Waals surface area contributed by atoms with Crippen LogP contribution in [0.3, 0.4) is 0 Å². The summed E-state index contributed by atoms with van der Waals surface area (Å²) in [5, 5.41) is 0. The predicted molar refractivity (Wildman–Crippen MR) is 109 cm³/mol. The lowest BCUT2D eigenvalue weighted by molar-refractivity contribution is -0.111. The lowest BCUT2D eigenvalue weighted by Crippen LogP contribution is -2.52. The maximum Gasteiger partial charge on any atom is -0.0266 e. The Kier molecular flexibility index (Phi) is 5.29. The fourth-order valence-corrected chi connectivity index (χ4v) is 8.70. The van der Waals surface area contributed by atoms with Gasteiger partial charge in [0, 0.05) is 0 Å². The fraction of sp³-hybridized carbons (Fsp3) is 1.00. The molecule has 0 heterocycles. The van der Waals surface area contributed by atoms with Gasteiger partial charge in [-0.05, 0) is 98.2 Å². The van der Waals surface area contributed by atoms with Gasteiger partial charge in [0.05, 0.1) is 0 Å². The minimum atomic E-state index is 0.714. The topological polar surface area (TPSA) is 0 Å². The third-order valence-electron chi connectivity index (χ3n) is 10.2. The summed E-state index contributed by atoms with van der Waals surface area (Å²) in [6.07, 6.45) is 23.0. The van der Waals surface area contributed by atoms with Gasteiger partial charge in [-0.15, -0.1) is 0 Å². The molecule has 0 spiro atoms. The molecule has 7 unspecified atom stereocenters. The summed E-state index contributed by atoms with van der Waals surface area (Å²) >= 11 is 0. The van der Waals surface area contributed by atoms with E-state index in [9.17, 15) is 0 Å². The van der Waals surface area contributed by atoms with Crippen LogP contribution in [0.1, 0.15) is 117 Å². The van der Waals surface area contributed by atoms with Crippen LogP contribution >= 0.6 is 0 Å². The van der Waals surface area contributed by atoms with Crippen LogP contribution in [0.15, 0.2) is 0 Å². The molecule has 0 bridgehead atoms. The van der Waals surface area contributed by atoms with Gasteiger partial charge in [-0.1, -0.05) is 59.3 Å². The maximum absolute atomic E-state index is 2.74. The predicted octanol–water partition coefficient (Wildman–Crippen LogP) is 8.01. The molecule has 7 atom stereocenters. The van der Waals surface area contributed by atoms with Crippen molar-refractivity contribution >= 4 is 0 Å². The average Bonchev–Trinajstić information content (AvgIpc) is 2.95. The summed E-state index contributed by atoms with van der Waals surface area (Å²) in [6, 6.07) is 0. The van der Waals surface area contributed by atoms with Crippen LogP contribution in [0, 0.1) is 40.4 Å². The van der Waals surface area contributed by atoms with E-state index in [4.69, 9.17) is 0 Å². The van der Waals surface area contributed by atoms with Crippen LogP contribution in [0.2, 0.25) is 0 Å². The molecule has 0 heteroatoms. The van der Waals surface area contributed by atoms with Crippen molar-refractivity contribution in [3.63, 3.8) is 0 Å². The van der Waals surface area contributed by atoms with Gasteiger partial charge in [-0.2, -0.15) is 0 Å². The molecule has 4 rings (SSSR count). The Morgan fingerprint density at radius 1 is 0.720 bits per heavy atom. The summed E-state index contributed by atoms with van der Waals surface area (Å²) in [6.45, 7) is 7.81. The minimum Gasteiger partial charge on any atom is -0.0654 e. The molecule has 0 aliphatic heterocycles. The zero-order valence-electron chi connectivity index (χ0n) is 17.5. The SMILES string of the molecule is CCCCCCC1CCC2C3CCC4CCCCC4(C)C3CCC12C. The normalized spacial score (nSPS) is 49.3. The Balaban J connectivity index is 1.46. The molecule has 0 aromatic heterocycles. The molecule has 25 heavy (non-hydrogen) atoms. The van der Waals surface area contributed by atoms with Crippen molar-refractivity contribution in [1.82, 2.24) is 0 Å². The first-order valence-electron chi connectivity index (χ1n) is 12.1. The van der Waals surface area contributed by atoms with Gasteiger partial charge >= 0.3 is 0 Å². The van der Waals surface area contributed by atoms with Gasteiger partial charge in [-0.25, -0.2) is 0 Å². The fourth-order valence-electron chi connectivity index (χ4n) is 8.70. The van der Waals surface area contributed by atoms with Gasteiger partial charge in [0.15, 0.2) is 0 Å². The second kappa shape index (κ2) is 7.20. The highest BCUT2D eigenvalue weighted by atomic mass is 14.6. The first kappa shape index (κ1) is 18.4. The number of rotatable bonds is 5. The molecule has 4 aliphatic carbocycles. The van der Waals surface area contributed by atoms with E-state index in [0.29, 0.717) is 5.41 Å². The molecular weight excluding hydrogens is 300 g/mol. The number of fused-ring (bicyclic) bond motifs is 5. The molecule has 4 saturated carbocycles. The van der Waals surface area contributed by atoms with E-state index in [-0.39, 0.29) is 0 Å². The van der Waals surface area contributed by atoms with E-state index >= 15 is 0 Å². The van der Waals surface area contributed by atoms with E-state index in [0.717, 1.165) is 35.0 Å². The van der Waals surface area contributed by atoms with E-state index in [1.807, 2.05) is 0 Å². The molecule has 0 aromatic rings. The van der Waals surface area contributed by atoms with Crippen molar-refractivity contribution in [3.8, 4) is 0 Å². The molecule has 0 saturated heterocycles. The van der Waals surface area contributed by atoms with Crippen LogP contribution < -0.4 is 0 Å². The summed E-state index contributed by atoms with van der Waals surface area (Å²) in [5.41, 5.74) is 1.44. The molecule has 0 nitrogen and oxygen atoms in total. The highest BCUT2D eigenvalue weighted by molar-refractivity contribution is 5.08. The summed E-state index contributed by atoms with van der Waals surface area (Å²) in [4.78, 5) is 0. The van der Waals surface area contributed by atoms with Crippen LogP contribution in [-0.2, 0) is 0 Å².